The van der Waals surface area contributed by atoms with E-state index < -0.39 is 0 Å². The molecule has 0 bridgehead atoms. The van der Waals surface area contributed by atoms with Gasteiger partial charge >= 0.3 is 6.85 Å². The van der Waals surface area contributed by atoms with Crippen LogP contribution in [0, 0.1) is 0 Å². The van der Waals surface area contributed by atoms with E-state index in [1.807, 2.05) is 22.7 Å². The third-order valence-electron chi connectivity index (χ3n) is 14.0. The topological polar surface area (TPSA) is 21.3 Å². The Kier molecular flexibility index (Phi) is 7.12. The molecule has 0 saturated heterocycles. The molecule has 0 aliphatic carbocycles. The Bertz CT molecular complexity index is 3760. The predicted octanol–water partition coefficient (Wildman–Crippen LogP) is 15.4. The van der Waals surface area contributed by atoms with Crippen LogP contribution in [0.25, 0.3) is 90.8 Å². The molecule has 6 heteroatoms. The highest BCUT2D eigenvalue weighted by molar-refractivity contribution is 7.32. The number of furan rings is 1. The van der Waals surface area contributed by atoms with Crippen LogP contribution in [0.1, 0.15) is 79.0 Å². The number of thiophene rings is 2. The minimum atomic E-state index is -0.0392. The lowest BCUT2D eigenvalue weighted by Gasteiger charge is -2.41. The van der Waals surface area contributed by atoms with E-state index in [4.69, 9.17) is 4.42 Å². The Morgan fingerprint density at radius 3 is 1.95 bits per heavy atom. The van der Waals surface area contributed by atoms with Gasteiger partial charge in [-0.1, -0.05) is 123 Å². The first-order chi connectivity index (χ1) is 29.6. The monoisotopic (exact) mass is 838 g/mol. The normalized spacial score (nSPS) is 14.1. The fourth-order valence-corrected chi connectivity index (χ4v) is 13.1. The highest BCUT2D eigenvalue weighted by atomic mass is 32.1. The van der Waals surface area contributed by atoms with Gasteiger partial charge in [-0.15, -0.1) is 22.7 Å². The smallest absolute Gasteiger partial charge is 0.343 e. The van der Waals surface area contributed by atoms with Gasteiger partial charge in [-0.25, -0.2) is 0 Å². The van der Waals surface area contributed by atoms with Gasteiger partial charge in [0.25, 0.3) is 0 Å². The van der Waals surface area contributed by atoms with E-state index in [0.717, 1.165) is 16.6 Å². The maximum atomic E-state index is 6.63. The van der Waals surface area contributed by atoms with Gasteiger partial charge in [-0.2, -0.15) is 0 Å². The van der Waals surface area contributed by atoms with Gasteiger partial charge in [0.15, 0.2) is 0 Å². The summed E-state index contributed by atoms with van der Waals surface area (Å²) in [6.45, 7) is 20.8. The summed E-state index contributed by atoms with van der Waals surface area (Å²) in [6.07, 6.45) is 0. The van der Waals surface area contributed by atoms with Crippen LogP contribution in [0.5, 0.6) is 0 Å². The molecule has 3 nitrogen and oxygen atoms in total. The number of nitrogens with zero attached hydrogens (tertiary/aromatic N) is 2. The highest BCUT2D eigenvalue weighted by Gasteiger charge is 2.46. The molecule has 0 amide bonds. The fraction of sp³-hybridized carbons (Fsp3) is 0.214. The third kappa shape index (κ3) is 4.94. The Morgan fingerprint density at radius 1 is 0.484 bits per heavy atom. The van der Waals surface area contributed by atoms with Crippen molar-refractivity contribution in [3.63, 3.8) is 0 Å². The van der Waals surface area contributed by atoms with Gasteiger partial charge in [-0.05, 0) is 98.6 Å². The van der Waals surface area contributed by atoms with Crippen LogP contribution in [0.15, 0.2) is 126 Å². The molecule has 2 aliphatic rings. The first-order valence-corrected chi connectivity index (χ1v) is 23.7. The van der Waals surface area contributed by atoms with Crippen molar-refractivity contribution in [2.75, 3.05) is 4.81 Å². The number of anilines is 2. The third-order valence-corrected chi connectivity index (χ3v) is 16.4. The fourth-order valence-electron chi connectivity index (χ4n) is 10.7. The standard InChI is InChI=1S/C56H47BN2OS2/c1-54(2,3)30-14-18-33(19-15-30)59-44-27-41-35-20-16-32(56(7,8)9)25-48(35)61-49(41)28-39(44)36-21-22-37-38-26-40-34-12-10-11-13-45(34)60-46(40)29-43(38)58-51(37)50(36)57(59)53-52(58)42-24-31(55(4,5)6)17-23-47(42)62-53/h10-29H,1-9H3. The number of benzene rings is 7. The average molecular weight is 839 g/mol. The summed E-state index contributed by atoms with van der Waals surface area (Å²) < 4.78 is 14.6. The zero-order chi connectivity index (χ0) is 42.4. The molecule has 0 atom stereocenters. The molecule has 0 saturated carbocycles. The van der Waals surface area contributed by atoms with Crippen molar-refractivity contribution in [2.45, 2.75) is 78.6 Å². The van der Waals surface area contributed by atoms with Crippen LogP contribution < -0.4 is 15.1 Å². The van der Waals surface area contributed by atoms with Gasteiger partial charge in [0.05, 0.1) is 16.7 Å². The van der Waals surface area contributed by atoms with Gasteiger partial charge in [0, 0.05) is 79.6 Å². The second kappa shape index (κ2) is 12.0. The van der Waals surface area contributed by atoms with Crippen molar-refractivity contribution < 1.29 is 4.42 Å². The SMILES string of the molecule is CC(C)(C)c1ccc(N2B3c4sc5ccc(C(C)(C)C)cc5c4-n4c5cc6oc7ccccc7c6cc5c5ccc(c3c54)-c3cc4sc5cc(C(C)(C)C)ccc5c4cc32)cc1. The van der Waals surface area contributed by atoms with E-state index in [1.165, 1.54) is 113 Å². The van der Waals surface area contributed by atoms with Crippen LogP contribution in [0.4, 0.5) is 11.4 Å². The van der Waals surface area contributed by atoms with Gasteiger partial charge < -0.3 is 13.8 Å². The summed E-state index contributed by atoms with van der Waals surface area (Å²) in [5.74, 6) is 0. The zero-order valence-electron chi connectivity index (χ0n) is 36.7. The molecule has 13 rings (SSSR count). The number of aromatic nitrogens is 1. The van der Waals surface area contributed by atoms with E-state index in [2.05, 4.69) is 193 Å². The molecule has 2 aliphatic heterocycles. The number of fused-ring (bicyclic) bond motifs is 16. The van der Waals surface area contributed by atoms with Crippen LogP contribution >= 0.6 is 22.7 Å². The van der Waals surface area contributed by atoms with Crippen molar-refractivity contribution >= 4 is 125 Å². The van der Waals surface area contributed by atoms with Crippen LogP contribution in [-0.4, -0.2) is 11.4 Å². The lowest BCUT2D eigenvalue weighted by atomic mass is 9.47. The van der Waals surface area contributed by atoms with E-state index >= 15 is 0 Å². The Morgan fingerprint density at radius 2 is 1.18 bits per heavy atom. The number of para-hydroxylation sites is 1. The molecule has 0 fully saturated rings. The van der Waals surface area contributed by atoms with Crippen molar-refractivity contribution in [3.8, 4) is 16.8 Å². The number of hydrogen-bond acceptors (Lipinski definition) is 4. The van der Waals surface area contributed by atoms with Gasteiger partial charge in [0.2, 0.25) is 0 Å². The molecular weight excluding hydrogens is 792 g/mol. The quantitative estimate of drug-likeness (QED) is 0.154. The van der Waals surface area contributed by atoms with Gasteiger partial charge in [0.1, 0.15) is 11.2 Å². The molecular formula is C56H47BN2OS2. The van der Waals surface area contributed by atoms with Gasteiger partial charge in [-0.3, -0.25) is 0 Å². The first-order valence-electron chi connectivity index (χ1n) is 22.0. The van der Waals surface area contributed by atoms with Crippen molar-refractivity contribution in [1.82, 2.24) is 4.57 Å². The second-order valence-corrected chi connectivity index (χ2v) is 23.2. The molecule has 7 aromatic carbocycles. The van der Waals surface area contributed by atoms with Crippen molar-refractivity contribution in [3.05, 3.63) is 138 Å². The molecule has 4 aromatic heterocycles. The Labute approximate surface area is 370 Å². The lowest BCUT2D eigenvalue weighted by molar-refractivity contribution is 0.590. The summed E-state index contributed by atoms with van der Waals surface area (Å²) >= 11 is 3.90. The predicted molar refractivity (Wildman–Crippen MR) is 271 cm³/mol. The average Bonchev–Trinajstić information content (AvgIpc) is 3.99. The maximum Gasteiger partial charge on any atom is 0.343 e. The van der Waals surface area contributed by atoms with Crippen LogP contribution in [-0.2, 0) is 16.2 Å². The molecule has 0 spiro atoms. The van der Waals surface area contributed by atoms with E-state index in [1.54, 1.807) is 0 Å². The minimum Gasteiger partial charge on any atom is -0.456 e. The van der Waals surface area contributed by atoms with Crippen LogP contribution in [0.3, 0.4) is 0 Å². The number of hydrogen-bond donors (Lipinski definition) is 0. The van der Waals surface area contributed by atoms with E-state index in [9.17, 15) is 0 Å². The largest absolute Gasteiger partial charge is 0.456 e. The lowest BCUT2D eigenvalue weighted by Crippen LogP contribution is -2.59. The Balaban J connectivity index is 1.19. The summed E-state index contributed by atoms with van der Waals surface area (Å²) in [4.78, 5) is 2.70. The van der Waals surface area contributed by atoms with E-state index in [-0.39, 0.29) is 23.1 Å². The molecule has 302 valence electrons. The molecule has 62 heavy (non-hydrogen) atoms. The zero-order valence-corrected chi connectivity index (χ0v) is 38.4. The van der Waals surface area contributed by atoms with Crippen molar-refractivity contribution in [2.24, 2.45) is 0 Å². The highest BCUT2D eigenvalue weighted by Crippen LogP contribution is 2.51. The summed E-state index contributed by atoms with van der Waals surface area (Å²) in [5.41, 5.74) is 16.4. The van der Waals surface area contributed by atoms with E-state index in [0.29, 0.717) is 0 Å². The summed E-state index contributed by atoms with van der Waals surface area (Å²) in [7, 11) is 0. The summed E-state index contributed by atoms with van der Waals surface area (Å²) in [6, 6.07) is 47.0. The first kappa shape index (κ1) is 36.8. The molecule has 6 heterocycles. The second-order valence-electron chi connectivity index (χ2n) is 21.0. The van der Waals surface area contributed by atoms with Crippen molar-refractivity contribution in [1.29, 1.82) is 0 Å². The Hall–Kier alpha value is -5.82. The minimum absolute atomic E-state index is 0.00418. The molecule has 0 unspecified atom stereocenters. The molecule has 0 radical (unpaired) electrons. The molecule has 11 aromatic rings. The molecule has 0 N–H and O–H groups in total. The number of rotatable bonds is 1. The summed E-state index contributed by atoms with van der Waals surface area (Å²) in [5, 5.41) is 8.86. The van der Waals surface area contributed by atoms with Crippen LogP contribution in [0.2, 0.25) is 0 Å². The maximum absolute atomic E-state index is 6.63.